The van der Waals surface area contributed by atoms with Gasteiger partial charge in [-0.3, -0.25) is 0 Å². The molecule has 1 aromatic carbocycles. The molecule has 1 aromatic rings. The van der Waals surface area contributed by atoms with E-state index in [4.69, 9.17) is 5.73 Å². The molecule has 3 atom stereocenters. The quantitative estimate of drug-likeness (QED) is 0.855. The summed E-state index contributed by atoms with van der Waals surface area (Å²) in [4.78, 5) is 2.07. The molecule has 0 bridgehead atoms. The molecule has 0 amide bonds. The first-order valence-electron chi connectivity index (χ1n) is 7.27. The normalized spacial score (nSPS) is 23.2. The summed E-state index contributed by atoms with van der Waals surface area (Å²) >= 11 is 0. The SMILES string of the molecule is CCC(N)Cc1cccc(F)c1N(C)CC1CC1C. The lowest BCUT2D eigenvalue weighted by Gasteiger charge is -2.24. The van der Waals surface area contributed by atoms with Gasteiger partial charge in [-0.25, -0.2) is 4.39 Å². The fourth-order valence-electron chi connectivity index (χ4n) is 2.68. The van der Waals surface area contributed by atoms with Gasteiger partial charge in [0.1, 0.15) is 5.82 Å². The predicted octanol–water partition coefficient (Wildman–Crippen LogP) is 3.20. The van der Waals surface area contributed by atoms with E-state index in [0.717, 1.165) is 42.5 Å². The van der Waals surface area contributed by atoms with Crippen LogP contribution in [0.4, 0.5) is 10.1 Å². The molecule has 1 aliphatic rings. The highest BCUT2D eigenvalue weighted by Crippen LogP contribution is 2.39. The van der Waals surface area contributed by atoms with Gasteiger partial charge in [0.25, 0.3) is 0 Å². The van der Waals surface area contributed by atoms with E-state index in [9.17, 15) is 4.39 Å². The molecule has 0 heterocycles. The van der Waals surface area contributed by atoms with Crippen LogP contribution in [0.2, 0.25) is 0 Å². The third-order valence-electron chi connectivity index (χ3n) is 4.24. The van der Waals surface area contributed by atoms with Crippen LogP contribution in [0.3, 0.4) is 0 Å². The van der Waals surface area contributed by atoms with E-state index in [0.29, 0.717) is 0 Å². The van der Waals surface area contributed by atoms with Crippen molar-refractivity contribution in [2.24, 2.45) is 17.6 Å². The number of hydrogen-bond acceptors (Lipinski definition) is 2. The second-order valence-corrected chi connectivity index (χ2v) is 5.97. The summed E-state index contributed by atoms with van der Waals surface area (Å²) in [5, 5.41) is 0. The number of para-hydroxylation sites is 1. The topological polar surface area (TPSA) is 29.3 Å². The van der Waals surface area contributed by atoms with Gasteiger partial charge in [-0.05, 0) is 42.7 Å². The fourth-order valence-corrected chi connectivity index (χ4v) is 2.68. The zero-order valence-corrected chi connectivity index (χ0v) is 12.2. The molecular weight excluding hydrogens is 239 g/mol. The fraction of sp³-hybridized carbons (Fsp3) is 0.625. The zero-order valence-electron chi connectivity index (χ0n) is 12.2. The van der Waals surface area contributed by atoms with E-state index in [2.05, 4.69) is 18.7 Å². The molecule has 19 heavy (non-hydrogen) atoms. The highest BCUT2D eigenvalue weighted by atomic mass is 19.1. The van der Waals surface area contributed by atoms with E-state index in [1.54, 1.807) is 12.1 Å². The van der Waals surface area contributed by atoms with E-state index in [-0.39, 0.29) is 11.9 Å². The molecule has 0 aromatic heterocycles. The lowest BCUT2D eigenvalue weighted by molar-refractivity contribution is 0.603. The van der Waals surface area contributed by atoms with E-state index in [1.807, 2.05) is 13.1 Å². The van der Waals surface area contributed by atoms with Crippen molar-refractivity contribution < 1.29 is 4.39 Å². The van der Waals surface area contributed by atoms with Crippen molar-refractivity contribution in [3.8, 4) is 0 Å². The minimum Gasteiger partial charge on any atom is -0.372 e. The van der Waals surface area contributed by atoms with Crippen LogP contribution < -0.4 is 10.6 Å². The number of halogens is 1. The zero-order chi connectivity index (χ0) is 14.0. The number of benzene rings is 1. The Balaban J connectivity index is 2.16. The number of nitrogens with zero attached hydrogens (tertiary/aromatic N) is 1. The molecule has 1 saturated carbocycles. The van der Waals surface area contributed by atoms with Gasteiger partial charge < -0.3 is 10.6 Å². The number of anilines is 1. The molecule has 3 unspecified atom stereocenters. The smallest absolute Gasteiger partial charge is 0.146 e. The highest BCUT2D eigenvalue weighted by molar-refractivity contribution is 5.55. The first-order valence-corrected chi connectivity index (χ1v) is 7.27. The maximum absolute atomic E-state index is 14.1. The summed E-state index contributed by atoms with van der Waals surface area (Å²) in [7, 11) is 1.99. The van der Waals surface area contributed by atoms with Gasteiger partial charge in [0.15, 0.2) is 0 Å². The molecule has 2 rings (SSSR count). The van der Waals surface area contributed by atoms with Crippen molar-refractivity contribution in [3.05, 3.63) is 29.6 Å². The molecule has 1 aliphatic carbocycles. The molecule has 2 nitrogen and oxygen atoms in total. The molecule has 0 saturated heterocycles. The molecule has 0 aliphatic heterocycles. The number of rotatable bonds is 6. The molecule has 1 fully saturated rings. The third-order valence-corrected chi connectivity index (χ3v) is 4.24. The largest absolute Gasteiger partial charge is 0.372 e. The standard InChI is InChI=1S/C16H25FN2/c1-4-14(18)9-12-6-5-7-15(17)16(12)19(3)10-13-8-11(13)2/h5-7,11,13-14H,4,8-10,18H2,1-3H3. The Hall–Kier alpha value is -1.09. The highest BCUT2D eigenvalue weighted by Gasteiger charge is 2.34. The van der Waals surface area contributed by atoms with E-state index < -0.39 is 0 Å². The van der Waals surface area contributed by atoms with Crippen molar-refractivity contribution in [2.75, 3.05) is 18.5 Å². The van der Waals surface area contributed by atoms with Crippen LogP contribution in [0.1, 0.15) is 32.3 Å². The second-order valence-electron chi connectivity index (χ2n) is 5.97. The summed E-state index contributed by atoms with van der Waals surface area (Å²) in [6.45, 7) is 5.27. The summed E-state index contributed by atoms with van der Waals surface area (Å²) in [5.74, 6) is 1.38. The van der Waals surface area contributed by atoms with E-state index >= 15 is 0 Å². The van der Waals surface area contributed by atoms with Crippen LogP contribution in [0.25, 0.3) is 0 Å². The van der Waals surface area contributed by atoms with Crippen LogP contribution >= 0.6 is 0 Å². The summed E-state index contributed by atoms with van der Waals surface area (Å²) in [6, 6.07) is 5.43. The molecule has 0 spiro atoms. The van der Waals surface area contributed by atoms with Gasteiger partial charge in [-0.2, -0.15) is 0 Å². The average Bonchev–Trinajstić information content (AvgIpc) is 3.04. The summed E-state index contributed by atoms with van der Waals surface area (Å²) in [5.41, 5.74) is 7.79. The van der Waals surface area contributed by atoms with Crippen molar-refractivity contribution in [1.29, 1.82) is 0 Å². The van der Waals surface area contributed by atoms with Crippen LogP contribution in [0.15, 0.2) is 18.2 Å². The van der Waals surface area contributed by atoms with E-state index in [1.165, 1.54) is 6.42 Å². The number of nitrogens with two attached hydrogens (primary N) is 1. The Labute approximate surface area is 115 Å². The van der Waals surface area contributed by atoms with Gasteiger partial charge in [0, 0.05) is 19.6 Å². The second kappa shape index (κ2) is 5.91. The average molecular weight is 264 g/mol. The monoisotopic (exact) mass is 264 g/mol. The van der Waals surface area contributed by atoms with Crippen LogP contribution in [0.5, 0.6) is 0 Å². The van der Waals surface area contributed by atoms with Crippen molar-refractivity contribution >= 4 is 5.69 Å². The molecule has 106 valence electrons. The first-order chi connectivity index (χ1) is 9.02. The Morgan fingerprint density at radius 1 is 1.47 bits per heavy atom. The maximum atomic E-state index is 14.1. The number of hydrogen-bond donors (Lipinski definition) is 1. The predicted molar refractivity (Wildman–Crippen MR) is 78.9 cm³/mol. The van der Waals surface area contributed by atoms with Gasteiger partial charge in [0.05, 0.1) is 5.69 Å². The molecule has 3 heteroatoms. The Bertz CT molecular complexity index is 433. The third kappa shape index (κ3) is 3.47. The van der Waals surface area contributed by atoms with Gasteiger partial charge >= 0.3 is 0 Å². The minimum atomic E-state index is -0.128. The Kier molecular flexibility index (Phi) is 4.46. The van der Waals surface area contributed by atoms with Crippen molar-refractivity contribution in [1.82, 2.24) is 0 Å². The lowest BCUT2D eigenvalue weighted by Crippen LogP contribution is -2.26. The van der Waals surface area contributed by atoms with Crippen molar-refractivity contribution in [2.45, 2.75) is 39.2 Å². The summed E-state index contributed by atoms with van der Waals surface area (Å²) in [6.07, 6.45) is 2.93. The first kappa shape index (κ1) is 14.3. The lowest BCUT2D eigenvalue weighted by atomic mass is 10.0. The molecular formula is C16H25FN2. The molecule has 2 N–H and O–H groups in total. The minimum absolute atomic E-state index is 0.105. The van der Waals surface area contributed by atoms with Gasteiger partial charge in [-0.15, -0.1) is 0 Å². The van der Waals surface area contributed by atoms with Gasteiger partial charge in [0.2, 0.25) is 0 Å². The van der Waals surface area contributed by atoms with Crippen LogP contribution in [-0.2, 0) is 6.42 Å². The van der Waals surface area contributed by atoms with Gasteiger partial charge in [-0.1, -0.05) is 26.0 Å². The summed E-state index contributed by atoms with van der Waals surface area (Å²) < 4.78 is 14.1. The maximum Gasteiger partial charge on any atom is 0.146 e. The van der Waals surface area contributed by atoms with Crippen molar-refractivity contribution in [3.63, 3.8) is 0 Å². The molecule has 0 radical (unpaired) electrons. The van der Waals surface area contributed by atoms with Crippen LogP contribution in [-0.4, -0.2) is 19.6 Å². The Morgan fingerprint density at radius 3 is 2.74 bits per heavy atom. The Morgan fingerprint density at radius 2 is 2.16 bits per heavy atom. The van der Waals surface area contributed by atoms with Crippen LogP contribution in [0, 0.1) is 17.7 Å².